The Hall–Kier alpha value is -2.57. The Labute approximate surface area is 204 Å². The number of hydrogen-bond donors (Lipinski definition) is 3. The normalized spacial score (nSPS) is 16.4. The van der Waals surface area contributed by atoms with E-state index in [1.807, 2.05) is 18.2 Å². The number of amides is 2. The standard InChI is InChI=1S/C27H42N2O5/c1-17(2)20-11-10-12-21(18(3)4)24(20)34-22(30)15-27(13-8-7-9-14-27)16-28-25(31)23(19(5)6)29-26(32)33/h10-12,17-19,23,29H,7-9,13-16H2,1-6H3,(H,28,31)(H,32,33)/t23-/m0/s1. The lowest BCUT2D eigenvalue weighted by molar-refractivity contribution is -0.138. The molecule has 0 aliphatic heterocycles. The van der Waals surface area contributed by atoms with Crippen LogP contribution in [0, 0.1) is 11.3 Å². The first-order valence-electron chi connectivity index (χ1n) is 12.6. The van der Waals surface area contributed by atoms with Crippen molar-refractivity contribution in [1.82, 2.24) is 10.6 Å². The monoisotopic (exact) mass is 474 g/mol. The zero-order valence-electron chi connectivity index (χ0n) is 21.6. The van der Waals surface area contributed by atoms with Crippen LogP contribution in [0.5, 0.6) is 5.75 Å². The number of carbonyl (C=O) groups is 3. The van der Waals surface area contributed by atoms with Gasteiger partial charge < -0.3 is 20.5 Å². The summed E-state index contributed by atoms with van der Waals surface area (Å²) in [5.41, 5.74) is 1.65. The first-order valence-corrected chi connectivity index (χ1v) is 12.6. The molecule has 1 aromatic carbocycles. The number of para-hydroxylation sites is 1. The van der Waals surface area contributed by atoms with Crippen LogP contribution in [-0.4, -0.2) is 35.7 Å². The van der Waals surface area contributed by atoms with E-state index in [4.69, 9.17) is 9.84 Å². The van der Waals surface area contributed by atoms with Crippen LogP contribution in [-0.2, 0) is 9.59 Å². The third kappa shape index (κ3) is 7.47. The van der Waals surface area contributed by atoms with E-state index in [9.17, 15) is 14.4 Å². The fourth-order valence-corrected chi connectivity index (χ4v) is 4.83. The Morgan fingerprint density at radius 3 is 2.00 bits per heavy atom. The van der Waals surface area contributed by atoms with E-state index in [0.717, 1.165) is 43.2 Å². The highest BCUT2D eigenvalue weighted by atomic mass is 16.5. The summed E-state index contributed by atoms with van der Waals surface area (Å²) >= 11 is 0. The molecule has 7 heteroatoms. The molecular formula is C27H42N2O5. The summed E-state index contributed by atoms with van der Waals surface area (Å²) in [4.78, 5) is 37.1. The van der Waals surface area contributed by atoms with Crippen LogP contribution < -0.4 is 15.4 Å². The Morgan fingerprint density at radius 1 is 0.971 bits per heavy atom. The molecule has 0 aromatic heterocycles. The largest absolute Gasteiger partial charge is 0.465 e. The van der Waals surface area contributed by atoms with E-state index < -0.39 is 12.1 Å². The minimum Gasteiger partial charge on any atom is -0.465 e. The van der Waals surface area contributed by atoms with Crippen LogP contribution in [0.25, 0.3) is 0 Å². The van der Waals surface area contributed by atoms with Crippen molar-refractivity contribution in [2.45, 2.75) is 97.9 Å². The second kappa shape index (κ2) is 12.2. The molecule has 3 N–H and O–H groups in total. The summed E-state index contributed by atoms with van der Waals surface area (Å²) in [6.45, 7) is 12.3. The van der Waals surface area contributed by atoms with Crippen LogP contribution in [0.2, 0.25) is 0 Å². The molecular weight excluding hydrogens is 432 g/mol. The van der Waals surface area contributed by atoms with Crippen molar-refractivity contribution in [2.24, 2.45) is 11.3 Å². The lowest BCUT2D eigenvalue weighted by Gasteiger charge is -2.37. The van der Waals surface area contributed by atoms with E-state index in [2.05, 4.69) is 38.3 Å². The molecule has 1 aliphatic carbocycles. The summed E-state index contributed by atoms with van der Waals surface area (Å²) in [6, 6.07) is 5.20. The van der Waals surface area contributed by atoms with Gasteiger partial charge in [0.05, 0.1) is 6.42 Å². The molecule has 190 valence electrons. The molecule has 0 spiro atoms. The molecule has 1 aliphatic rings. The average molecular weight is 475 g/mol. The molecule has 0 radical (unpaired) electrons. The molecule has 1 saturated carbocycles. The highest BCUT2D eigenvalue weighted by Gasteiger charge is 2.37. The molecule has 7 nitrogen and oxygen atoms in total. The molecule has 2 rings (SSSR count). The fraction of sp³-hybridized carbons (Fsp3) is 0.667. The van der Waals surface area contributed by atoms with Gasteiger partial charge in [0.1, 0.15) is 11.8 Å². The van der Waals surface area contributed by atoms with Crippen molar-refractivity contribution in [3.63, 3.8) is 0 Å². The maximum Gasteiger partial charge on any atom is 0.405 e. The van der Waals surface area contributed by atoms with Crippen LogP contribution in [0.3, 0.4) is 0 Å². The highest BCUT2D eigenvalue weighted by molar-refractivity contribution is 5.85. The van der Waals surface area contributed by atoms with Gasteiger partial charge >= 0.3 is 12.1 Å². The molecule has 0 heterocycles. The van der Waals surface area contributed by atoms with Crippen LogP contribution in [0.4, 0.5) is 4.79 Å². The highest BCUT2D eigenvalue weighted by Crippen LogP contribution is 2.40. The van der Waals surface area contributed by atoms with Crippen molar-refractivity contribution >= 4 is 18.0 Å². The topological polar surface area (TPSA) is 105 Å². The molecule has 34 heavy (non-hydrogen) atoms. The van der Waals surface area contributed by atoms with Gasteiger partial charge in [-0.15, -0.1) is 0 Å². The summed E-state index contributed by atoms with van der Waals surface area (Å²) in [6.07, 6.45) is 3.72. The molecule has 0 saturated heterocycles. The van der Waals surface area contributed by atoms with Gasteiger partial charge in [0.15, 0.2) is 0 Å². The zero-order chi connectivity index (χ0) is 25.5. The van der Waals surface area contributed by atoms with E-state index in [1.165, 1.54) is 0 Å². The second-order valence-electron chi connectivity index (χ2n) is 10.7. The van der Waals surface area contributed by atoms with Crippen molar-refractivity contribution in [3.8, 4) is 5.75 Å². The van der Waals surface area contributed by atoms with Gasteiger partial charge in [-0.2, -0.15) is 0 Å². The molecule has 2 amide bonds. The number of rotatable bonds is 10. The zero-order valence-corrected chi connectivity index (χ0v) is 21.6. The van der Waals surface area contributed by atoms with Crippen molar-refractivity contribution in [1.29, 1.82) is 0 Å². The molecule has 1 aromatic rings. The van der Waals surface area contributed by atoms with Crippen LogP contribution in [0.15, 0.2) is 18.2 Å². The van der Waals surface area contributed by atoms with Gasteiger partial charge in [-0.1, -0.05) is 79.0 Å². The number of carbonyl (C=O) groups excluding carboxylic acids is 2. The number of hydrogen-bond acceptors (Lipinski definition) is 4. The minimum atomic E-state index is -1.23. The van der Waals surface area contributed by atoms with Crippen LogP contribution >= 0.6 is 0 Å². The second-order valence-corrected chi connectivity index (χ2v) is 10.7. The van der Waals surface area contributed by atoms with Crippen LogP contribution in [0.1, 0.15) is 103 Å². The SMILES string of the molecule is CC(C)c1cccc(C(C)C)c1OC(=O)CC1(CNC(=O)[C@@H](NC(=O)O)C(C)C)CCCCC1. The maximum absolute atomic E-state index is 13.2. The first-order chi connectivity index (χ1) is 16.0. The van der Waals surface area contributed by atoms with Crippen molar-refractivity contribution < 1.29 is 24.2 Å². The van der Waals surface area contributed by atoms with E-state index in [1.54, 1.807) is 13.8 Å². The minimum absolute atomic E-state index is 0.189. The Balaban J connectivity index is 2.18. The fourth-order valence-electron chi connectivity index (χ4n) is 4.83. The quantitative estimate of drug-likeness (QED) is 0.303. The third-order valence-electron chi connectivity index (χ3n) is 6.84. The molecule has 1 fully saturated rings. The van der Waals surface area contributed by atoms with Crippen molar-refractivity contribution in [3.05, 3.63) is 29.3 Å². The predicted molar refractivity (Wildman–Crippen MR) is 133 cm³/mol. The van der Waals surface area contributed by atoms with Gasteiger partial charge in [-0.05, 0) is 47.1 Å². The molecule has 0 unspecified atom stereocenters. The summed E-state index contributed by atoms with van der Waals surface area (Å²) in [5, 5.41) is 14.3. The predicted octanol–water partition coefficient (Wildman–Crippen LogP) is 5.59. The van der Waals surface area contributed by atoms with Gasteiger partial charge in [0.25, 0.3) is 0 Å². The maximum atomic E-state index is 13.2. The van der Waals surface area contributed by atoms with E-state index >= 15 is 0 Å². The number of nitrogens with one attached hydrogen (secondary N) is 2. The molecule has 0 bridgehead atoms. The Morgan fingerprint density at radius 2 is 1.53 bits per heavy atom. The van der Waals surface area contributed by atoms with Crippen molar-refractivity contribution in [2.75, 3.05) is 6.54 Å². The number of esters is 1. The third-order valence-corrected chi connectivity index (χ3v) is 6.84. The number of carboxylic acid groups (broad SMARTS) is 1. The Kier molecular flexibility index (Phi) is 9.95. The van der Waals surface area contributed by atoms with Gasteiger partial charge in [-0.25, -0.2) is 4.79 Å². The summed E-state index contributed by atoms with van der Waals surface area (Å²) in [5.74, 6) is 0.278. The smallest absolute Gasteiger partial charge is 0.405 e. The van der Waals surface area contributed by atoms with Gasteiger partial charge in [0.2, 0.25) is 5.91 Å². The molecule has 1 atom stereocenters. The number of ether oxygens (including phenoxy) is 1. The van der Waals surface area contributed by atoms with E-state index in [-0.39, 0.29) is 41.5 Å². The lowest BCUT2D eigenvalue weighted by atomic mass is 9.71. The number of benzene rings is 1. The Bertz CT molecular complexity index is 830. The first kappa shape index (κ1) is 27.7. The van der Waals surface area contributed by atoms with Gasteiger partial charge in [0, 0.05) is 6.54 Å². The lowest BCUT2D eigenvalue weighted by Crippen LogP contribution is -2.52. The van der Waals surface area contributed by atoms with Gasteiger partial charge in [-0.3, -0.25) is 9.59 Å². The summed E-state index contributed by atoms with van der Waals surface area (Å²) in [7, 11) is 0. The van der Waals surface area contributed by atoms with E-state index in [0.29, 0.717) is 12.3 Å². The summed E-state index contributed by atoms with van der Waals surface area (Å²) < 4.78 is 6.03. The average Bonchev–Trinajstić information content (AvgIpc) is 2.76.